The second kappa shape index (κ2) is 6.72. The molecule has 1 N–H and O–H groups in total. The first-order valence-electron chi connectivity index (χ1n) is 7.36. The van der Waals surface area contributed by atoms with Gasteiger partial charge < -0.3 is 10.2 Å². The number of aryl methyl sites for hydroxylation is 1. The third-order valence-electron chi connectivity index (χ3n) is 3.79. The molecule has 2 rings (SSSR count). The van der Waals surface area contributed by atoms with Crippen LogP contribution in [-0.2, 0) is 0 Å². The van der Waals surface area contributed by atoms with Gasteiger partial charge in [-0.05, 0) is 55.8 Å². The van der Waals surface area contributed by atoms with Gasteiger partial charge in [0.2, 0.25) is 0 Å². The Labute approximate surface area is 126 Å². The molecule has 112 valence electrons. The summed E-state index contributed by atoms with van der Waals surface area (Å²) in [5, 5.41) is 3.36. The molecule has 0 bridgehead atoms. The maximum Gasteiger partial charge on any atom is 0.126 e. The first-order valence-corrected chi connectivity index (χ1v) is 7.36. The van der Waals surface area contributed by atoms with Crippen molar-refractivity contribution >= 4 is 11.4 Å². The van der Waals surface area contributed by atoms with Crippen molar-refractivity contribution in [2.45, 2.75) is 26.8 Å². The molecule has 0 aliphatic carbocycles. The van der Waals surface area contributed by atoms with Crippen LogP contribution in [0.1, 0.15) is 31.0 Å². The Morgan fingerprint density at radius 3 is 2.48 bits per heavy atom. The van der Waals surface area contributed by atoms with Gasteiger partial charge in [0, 0.05) is 24.5 Å². The third kappa shape index (κ3) is 3.42. The number of rotatable bonds is 5. The smallest absolute Gasteiger partial charge is 0.126 e. The lowest BCUT2D eigenvalue weighted by molar-refractivity contribution is 0.580. The molecule has 2 aromatic carbocycles. The van der Waals surface area contributed by atoms with E-state index in [0.29, 0.717) is 5.56 Å². The van der Waals surface area contributed by atoms with Crippen molar-refractivity contribution in [2.75, 3.05) is 18.5 Å². The van der Waals surface area contributed by atoms with Crippen LogP contribution >= 0.6 is 0 Å². The van der Waals surface area contributed by atoms with E-state index in [1.54, 1.807) is 13.0 Å². The predicted octanol–water partition coefficient (Wildman–Crippen LogP) is 4.57. The van der Waals surface area contributed by atoms with E-state index in [9.17, 15) is 4.39 Å². The lowest BCUT2D eigenvalue weighted by Gasteiger charge is -2.26. The zero-order valence-electron chi connectivity index (χ0n) is 13.2. The maximum atomic E-state index is 14.0. The summed E-state index contributed by atoms with van der Waals surface area (Å²) in [7, 11) is 2.02. The van der Waals surface area contributed by atoms with E-state index in [0.717, 1.165) is 23.5 Å². The van der Waals surface area contributed by atoms with Crippen molar-refractivity contribution in [3.8, 4) is 0 Å². The van der Waals surface area contributed by atoms with Crippen molar-refractivity contribution in [2.24, 2.45) is 0 Å². The topological polar surface area (TPSA) is 15.3 Å². The number of hydrogen-bond acceptors (Lipinski definition) is 2. The van der Waals surface area contributed by atoms with Crippen LogP contribution in [0.3, 0.4) is 0 Å². The number of hydrogen-bond donors (Lipinski definition) is 1. The van der Waals surface area contributed by atoms with Gasteiger partial charge >= 0.3 is 0 Å². The first kappa shape index (κ1) is 15.5. The summed E-state index contributed by atoms with van der Waals surface area (Å²) in [6.45, 7) is 6.78. The summed E-state index contributed by atoms with van der Waals surface area (Å²) in [6.07, 6.45) is 0. The van der Waals surface area contributed by atoms with Gasteiger partial charge in [-0.1, -0.05) is 25.1 Å². The monoisotopic (exact) mass is 286 g/mol. The number of para-hydroxylation sites is 1. The Kier molecular flexibility index (Phi) is 4.97. The molecule has 0 heterocycles. The van der Waals surface area contributed by atoms with Crippen LogP contribution < -0.4 is 10.2 Å². The lowest BCUT2D eigenvalue weighted by atomic mass is 10.0. The van der Waals surface area contributed by atoms with Gasteiger partial charge in [-0.25, -0.2) is 4.39 Å². The van der Waals surface area contributed by atoms with Gasteiger partial charge in [0.25, 0.3) is 0 Å². The normalized spacial score (nSPS) is 12.2. The van der Waals surface area contributed by atoms with E-state index in [-0.39, 0.29) is 11.9 Å². The Bertz CT molecular complexity index is 596. The second-order valence-electron chi connectivity index (χ2n) is 5.33. The highest BCUT2D eigenvalue weighted by molar-refractivity contribution is 5.67. The highest BCUT2D eigenvalue weighted by Gasteiger charge is 2.16. The van der Waals surface area contributed by atoms with Gasteiger partial charge in [-0.3, -0.25) is 0 Å². The Morgan fingerprint density at radius 1 is 1.19 bits per heavy atom. The van der Waals surface area contributed by atoms with Crippen molar-refractivity contribution < 1.29 is 4.39 Å². The molecule has 2 nitrogen and oxygen atoms in total. The molecular weight excluding hydrogens is 263 g/mol. The van der Waals surface area contributed by atoms with Crippen molar-refractivity contribution in [3.05, 3.63) is 59.4 Å². The third-order valence-corrected chi connectivity index (χ3v) is 3.79. The number of benzene rings is 2. The highest BCUT2D eigenvalue weighted by atomic mass is 19.1. The van der Waals surface area contributed by atoms with Gasteiger partial charge in [0.15, 0.2) is 0 Å². The molecule has 21 heavy (non-hydrogen) atoms. The fourth-order valence-corrected chi connectivity index (χ4v) is 2.53. The van der Waals surface area contributed by atoms with Crippen molar-refractivity contribution in [1.29, 1.82) is 0 Å². The van der Waals surface area contributed by atoms with Crippen LogP contribution in [0.25, 0.3) is 0 Å². The van der Waals surface area contributed by atoms with Crippen molar-refractivity contribution in [3.63, 3.8) is 0 Å². The van der Waals surface area contributed by atoms with Crippen LogP contribution in [0.2, 0.25) is 0 Å². The van der Waals surface area contributed by atoms with E-state index in [1.807, 2.05) is 31.3 Å². The molecule has 0 radical (unpaired) electrons. The molecule has 0 spiro atoms. The molecule has 0 aromatic heterocycles. The highest BCUT2D eigenvalue weighted by Crippen LogP contribution is 2.32. The van der Waals surface area contributed by atoms with Crippen LogP contribution in [-0.4, -0.2) is 13.6 Å². The minimum Gasteiger partial charge on any atom is -0.344 e. The molecule has 0 saturated carbocycles. The van der Waals surface area contributed by atoms with E-state index in [1.165, 1.54) is 0 Å². The number of nitrogens with zero attached hydrogens (tertiary/aromatic N) is 1. The molecular formula is C18H23FN2. The summed E-state index contributed by atoms with van der Waals surface area (Å²) in [6, 6.07) is 13.8. The predicted molar refractivity (Wildman–Crippen MR) is 87.7 cm³/mol. The van der Waals surface area contributed by atoms with Gasteiger partial charge in [-0.2, -0.15) is 0 Å². The Morgan fingerprint density at radius 2 is 1.86 bits per heavy atom. The maximum absolute atomic E-state index is 14.0. The minimum absolute atomic E-state index is 0.103. The average molecular weight is 286 g/mol. The molecule has 1 atom stereocenters. The van der Waals surface area contributed by atoms with Crippen LogP contribution in [0.4, 0.5) is 15.8 Å². The summed E-state index contributed by atoms with van der Waals surface area (Å²) in [5.41, 5.74) is 3.77. The lowest BCUT2D eigenvalue weighted by Crippen LogP contribution is -2.21. The summed E-state index contributed by atoms with van der Waals surface area (Å²) < 4.78 is 14.0. The minimum atomic E-state index is -0.153. The van der Waals surface area contributed by atoms with E-state index in [4.69, 9.17) is 0 Å². The zero-order valence-corrected chi connectivity index (χ0v) is 13.2. The van der Waals surface area contributed by atoms with Gasteiger partial charge in [-0.15, -0.1) is 0 Å². The molecule has 0 fully saturated rings. The molecule has 0 saturated heterocycles. The van der Waals surface area contributed by atoms with Gasteiger partial charge in [0.1, 0.15) is 5.82 Å². The summed E-state index contributed by atoms with van der Waals surface area (Å²) in [5.74, 6) is -0.153. The fourth-order valence-electron chi connectivity index (χ4n) is 2.53. The van der Waals surface area contributed by atoms with Crippen molar-refractivity contribution in [1.82, 2.24) is 5.32 Å². The molecule has 0 amide bonds. The zero-order chi connectivity index (χ0) is 15.4. The van der Waals surface area contributed by atoms with Crippen LogP contribution in [0.15, 0.2) is 42.5 Å². The SMILES string of the molecule is CCNC(C)c1cc(F)c(C)cc1N(C)c1ccccc1. The van der Waals surface area contributed by atoms with Crippen LogP contribution in [0, 0.1) is 12.7 Å². The van der Waals surface area contributed by atoms with E-state index in [2.05, 4.69) is 36.2 Å². The van der Waals surface area contributed by atoms with E-state index < -0.39 is 0 Å². The number of anilines is 2. The van der Waals surface area contributed by atoms with Crippen LogP contribution in [0.5, 0.6) is 0 Å². The first-order chi connectivity index (χ1) is 10.0. The molecule has 2 aromatic rings. The second-order valence-corrected chi connectivity index (χ2v) is 5.33. The number of nitrogens with one attached hydrogen (secondary N) is 1. The molecule has 1 unspecified atom stereocenters. The summed E-state index contributed by atoms with van der Waals surface area (Å²) in [4.78, 5) is 2.11. The van der Waals surface area contributed by atoms with Gasteiger partial charge in [0.05, 0.1) is 0 Å². The average Bonchev–Trinajstić information content (AvgIpc) is 2.50. The quantitative estimate of drug-likeness (QED) is 0.866. The standard InChI is InChI=1S/C18H23FN2/c1-5-20-14(3)16-12-17(19)13(2)11-18(16)21(4)15-9-7-6-8-10-15/h6-12,14,20H,5H2,1-4H3. The van der Waals surface area contributed by atoms with E-state index >= 15 is 0 Å². The Balaban J connectivity index is 2.48. The molecule has 3 heteroatoms. The fraction of sp³-hybridized carbons (Fsp3) is 0.333. The summed E-state index contributed by atoms with van der Waals surface area (Å²) >= 11 is 0. The Hall–Kier alpha value is -1.87. The largest absolute Gasteiger partial charge is 0.344 e. The number of halogens is 1. The molecule has 0 aliphatic rings. The molecule has 0 aliphatic heterocycles.